The minimum absolute atomic E-state index is 0.0277. The second-order valence-electron chi connectivity index (χ2n) is 8.39. The number of nitrogens with zero attached hydrogens (tertiary/aromatic N) is 4. The number of alkyl halides is 3. The van der Waals surface area contributed by atoms with Crippen molar-refractivity contribution in [1.29, 1.82) is 0 Å². The number of halogens is 5. The first-order valence-corrected chi connectivity index (χ1v) is 11.3. The predicted octanol–water partition coefficient (Wildman–Crippen LogP) is 6.08. The van der Waals surface area contributed by atoms with Gasteiger partial charge in [0.05, 0.1) is 37.2 Å². The van der Waals surface area contributed by atoms with Gasteiger partial charge in [-0.25, -0.2) is 13.8 Å². The molecule has 2 aromatic heterocycles. The van der Waals surface area contributed by atoms with Gasteiger partial charge in [-0.3, -0.25) is 5.01 Å². The third-order valence-corrected chi connectivity index (χ3v) is 5.62. The maximum atomic E-state index is 14.1. The van der Waals surface area contributed by atoms with Crippen LogP contribution in [0.15, 0.2) is 58.2 Å². The first-order chi connectivity index (χ1) is 17.7. The van der Waals surface area contributed by atoms with E-state index in [1.165, 1.54) is 18.3 Å². The highest BCUT2D eigenvalue weighted by Crippen LogP contribution is 2.27. The lowest BCUT2D eigenvalue weighted by Crippen LogP contribution is -2.21. The van der Waals surface area contributed by atoms with Gasteiger partial charge in [-0.1, -0.05) is 11.2 Å². The van der Waals surface area contributed by atoms with Crippen molar-refractivity contribution in [2.24, 2.45) is 5.10 Å². The highest BCUT2D eigenvalue weighted by atomic mass is 19.4. The Morgan fingerprint density at radius 1 is 1.08 bits per heavy atom. The van der Waals surface area contributed by atoms with E-state index in [0.717, 1.165) is 11.6 Å². The molecule has 1 aliphatic heterocycles. The monoisotopic (exact) mass is 517 g/mol. The van der Waals surface area contributed by atoms with Gasteiger partial charge in [-0.15, -0.1) is 0 Å². The number of H-pyrrole nitrogens is 1. The summed E-state index contributed by atoms with van der Waals surface area (Å²) < 4.78 is 75.2. The number of hydrogen-bond donors (Lipinski definition) is 1. The standard InChI is InChI=1S/C25H20F5N5O2/c26-19-4-1-3-18(23(19)27)24-32-21-12-31-35(14-22(21)33-24)13-17-11-20(34-37-17)15-5-7-16(8-6-15)36-10-2-9-25(28,29)30/h1,3-8,11-12H,2,9-10,13-14H2,(H,32,33). The van der Waals surface area contributed by atoms with Gasteiger partial charge in [-0.2, -0.15) is 18.3 Å². The van der Waals surface area contributed by atoms with E-state index < -0.39 is 24.2 Å². The van der Waals surface area contributed by atoms with Gasteiger partial charge in [0.25, 0.3) is 0 Å². The molecule has 1 N–H and O–H groups in total. The zero-order chi connectivity index (χ0) is 26.0. The van der Waals surface area contributed by atoms with Crippen LogP contribution in [0.1, 0.15) is 30.0 Å². The third kappa shape index (κ3) is 5.79. The smallest absolute Gasteiger partial charge is 0.389 e. The van der Waals surface area contributed by atoms with Crippen LogP contribution >= 0.6 is 0 Å². The molecule has 12 heteroatoms. The maximum Gasteiger partial charge on any atom is 0.389 e. The Balaban J connectivity index is 1.19. The summed E-state index contributed by atoms with van der Waals surface area (Å²) >= 11 is 0. The SMILES string of the molecule is Fc1cccc(-c2nc3c([nH]2)CN(Cc2cc(-c4ccc(OCCCC(F)(F)F)cc4)no2)N=C3)c1F. The molecule has 7 nitrogen and oxygen atoms in total. The van der Waals surface area contributed by atoms with Crippen LogP contribution in [0.3, 0.4) is 0 Å². The van der Waals surface area contributed by atoms with E-state index >= 15 is 0 Å². The quantitative estimate of drug-likeness (QED) is 0.226. The number of fused-ring (bicyclic) bond motifs is 1. The van der Waals surface area contributed by atoms with E-state index in [4.69, 9.17) is 9.26 Å². The van der Waals surface area contributed by atoms with E-state index in [0.29, 0.717) is 41.7 Å². The Labute approximate surface area is 207 Å². The van der Waals surface area contributed by atoms with Gasteiger partial charge < -0.3 is 14.2 Å². The fourth-order valence-electron chi connectivity index (χ4n) is 3.81. The Hall–Kier alpha value is -4.22. The van der Waals surface area contributed by atoms with Crippen molar-refractivity contribution in [3.05, 3.63) is 77.3 Å². The summed E-state index contributed by atoms with van der Waals surface area (Å²) in [6.45, 7) is 0.609. The molecule has 3 heterocycles. The molecule has 0 radical (unpaired) electrons. The molecular formula is C25H20F5N5O2. The lowest BCUT2D eigenvalue weighted by molar-refractivity contribution is -0.136. The predicted molar refractivity (Wildman–Crippen MR) is 124 cm³/mol. The molecule has 5 rings (SSSR count). The Morgan fingerprint density at radius 2 is 1.89 bits per heavy atom. The number of hydrogen-bond acceptors (Lipinski definition) is 6. The number of imidazole rings is 1. The molecule has 0 aliphatic carbocycles. The van der Waals surface area contributed by atoms with E-state index in [1.54, 1.807) is 35.3 Å². The third-order valence-electron chi connectivity index (χ3n) is 5.62. The van der Waals surface area contributed by atoms with Crippen LogP contribution in [-0.2, 0) is 13.1 Å². The molecule has 0 atom stereocenters. The summed E-state index contributed by atoms with van der Waals surface area (Å²) in [6.07, 6.45) is -3.66. The molecule has 1 aliphatic rings. The largest absolute Gasteiger partial charge is 0.494 e. The molecule has 0 saturated heterocycles. The zero-order valence-electron chi connectivity index (χ0n) is 19.2. The summed E-state index contributed by atoms with van der Waals surface area (Å²) in [5, 5.41) is 10.1. The second kappa shape index (κ2) is 10.0. The molecule has 0 amide bonds. The van der Waals surface area contributed by atoms with Crippen LogP contribution in [-0.4, -0.2) is 39.1 Å². The van der Waals surface area contributed by atoms with Gasteiger partial charge in [0, 0.05) is 18.1 Å². The first kappa shape index (κ1) is 24.5. The van der Waals surface area contributed by atoms with E-state index in [1.807, 2.05) is 0 Å². The summed E-state index contributed by atoms with van der Waals surface area (Å²) in [4.78, 5) is 7.35. The zero-order valence-corrected chi connectivity index (χ0v) is 19.2. The van der Waals surface area contributed by atoms with Gasteiger partial charge in [0.2, 0.25) is 0 Å². The molecule has 0 spiro atoms. The summed E-state index contributed by atoms with van der Waals surface area (Å²) in [6, 6.07) is 12.5. The van der Waals surface area contributed by atoms with Gasteiger partial charge >= 0.3 is 6.18 Å². The van der Waals surface area contributed by atoms with Crippen molar-refractivity contribution in [2.45, 2.75) is 32.1 Å². The minimum atomic E-state index is -4.19. The highest BCUT2D eigenvalue weighted by Gasteiger charge is 2.26. The van der Waals surface area contributed by atoms with Crippen LogP contribution in [0.2, 0.25) is 0 Å². The van der Waals surface area contributed by atoms with Crippen molar-refractivity contribution in [2.75, 3.05) is 6.61 Å². The number of rotatable bonds is 8. The van der Waals surface area contributed by atoms with Gasteiger partial charge in [0.15, 0.2) is 17.4 Å². The molecule has 37 heavy (non-hydrogen) atoms. The molecule has 0 bridgehead atoms. The number of benzene rings is 2. The van der Waals surface area contributed by atoms with Crippen molar-refractivity contribution in [1.82, 2.24) is 20.1 Å². The Kier molecular flexibility index (Phi) is 6.64. The van der Waals surface area contributed by atoms with Crippen LogP contribution in [0.25, 0.3) is 22.6 Å². The van der Waals surface area contributed by atoms with Crippen molar-refractivity contribution >= 4 is 6.21 Å². The number of hydrazone groups is 1. The minimum Gasteiger partial charge on any atom is -0.494 e. The summed E-state index contributed by atoms with van der Waals surface area (Å²) in [7, 11) is 0. The molecule has 0 unspecified atom stereocenters. The van der Waals surface area contributed by atoms with Crippen LogP contribution in [0.4, 0.5) is 22.0 Å². The lowest BCUT2D eigenvalue weighted by Gasteiger charge is -2.19. The molecule has 0 fully saturated rings. The van der Waals surface area contributed by atoms with Crippen LogP contribution in [0.5, 0.6) is 5.75 Å². The van der Waals surface area contributed by atoms with Crippen molar-refractivity contribution < 1.29 is 31.2 Å². The normalized spacial score (nSPS) is 13.2. The molecule has 192 valence electrons. The van der Waals surface area contributed by atoms with Crippen LogP contribution in [0, 0.1) is 11.6 Å². The van der Waals surface area contributed by atoms with Crippen molar-refractivity contribution in [3.63, 3.8) is 0 Å². The van der Waals surface area contributed by atoms with Crippen molar-refractivity contribution in [3.8, 4) is 28.4 Å². The maximum absolute atomic E-state index is 14.1. The van der Waals surface area contributed by atoms with E-state index in [-0.39, 0.29) is 24.4 Å². The summed E-state index contributed by atoms with van der Waals surface area (Å²) in [5.41, 5.74) is 2.59. The number of aromatic nitrogens is 3. The summed E-state index contributed by atoms with van der Waals surface area (Å²) in [5.74, 6) is -0.710. The highest BCUT2D eigenvalue weighted by molar-refractivity contribution is 5.80. The average Bonchev–Trinajstić information content (AvgIpc) is 3.50. The number of nitrogens with one attached hydrogen (secondary N) is 1. The molecule has 4 aromatic rings. The lowest BCUT2D eigenvalue weighted by atomic mass is 10.1. The Bertz CT molecular complexity index is 1410. The van der Waals surface area contributed by atoms with Gasteiger partial charge in [0.1, 0.15) is 23.0 Å². The van der Waals surface area contributed by atoms with E-state index in [2.05, 4.69) is 20.2 Å². The average molecular weight is 517 g/mol. The fourth-order valence-corrected chi connectivity index (χ4v) is 3.81. The van der Waals surface area contributed by atoms with Crippen LogP contribution < -0.4 is 4.74 Å². The molecular weight excluding hydrogens is 497 g/mol. The number of aromatic amines is 1. The Morgan fingerprint density at radius 3 is 2.68 bits per heavy atom. The van der Waals surface area contributed by atoms with E-state index in [9.17, 15) is 22.0 Å². The molecule has 2 aromatic carbocycles. The molecule has 0 saturated carbocycles. The first-order valence-electron chi connectivity index (χ1n) is 11.3. The number of ether oxygens (including phenoxy) is 1. The second-order valence-corrected chi connectivity index (χ2v) is 8.39. The fraction of sp³-hybridized carbons (Fsp3) is 0.240. The van der Waals surface area contributed by atoms with Gasteiger partial charge in [-0.05, 0) is 42.8 Å². The topological polar surface area (TPSA) is 79.5 Å².